The van der Waals surface area contributed by atoms with Crippen molar-refractivity contribution in [3.63, 3.8) is 0 Å². The van der Waals surface area contributed by atoms with E-state index in [2.05, 4.69) is 5.32 Å². The fraction of sp³-hybridized carbons (Fsp3) is 0.222. The summed E-state index contributed by atoms with van der Waals surface area (Å²) in [6, 6.07) is 18.6. The molecule has 4 rings (SSSR count). The van der Waals surface area contributed by atoms with Crippen molar-refractivity contribution in [3.05, 3.63) is 77.9 Å². The number of rotatable bonds is 7. The third kappa shape index (κ3) is 4.88. The lowest BCUT2D eigenvalue weighted by molar-refractivity contribution is -0.117. The molecule has 1 aliphatic rings. The predicted molar refractivity (Wildman–Crippen MR) is 135 cm³/mol. The third-order valence-electron chi connectivity index (χ3n) is 5.65. The van der Waals surface area contributed by atoms with Gasteiger partial charge in [-0.05, 0) is 55.8 Å². The molecule has 0 unspecified atom stereocenters. The standard InChI is InChI=1S/C27H26N2O5S/c1-4-20(25(30)28-19-11-7-8-12-22(19)33-3)29-21-16-17(27(32)34-5-2)14-15-24(21)35-23-13-9-6-10-18(23)26(29)31/h6-16,20H,4-5H2,1-3H3,(H,28,30)/t20-/m1/s1. The minimum atomic E-state index is -0.838. The van der Waals surface area contributed by atoms with E-state index >= 15 is 0 Å². The van der Waals surface area contributed by atoms with Crippen molar-refractivity contribution < 1.29 is 23.9 Å². The highest BCUT2D eigenvalue weighted by atomic mass is 32.2. The summed E-state index contributed by atoms with van der Waals surface area (Å²) in [5, 5.41) is 2.91. The molecule has 35 heavy (non-hydrogen) atoms. The van der Waals surface area contributed by atoms with Crippen molar-refractivity contribution in [3.8, 4) is 5.75 Å². The van der Waals surface area contributed by atoms with Crippen molar-refractivity contribution in [2.45, 2.75) is 36.1 Å². The normalized spacial score (nSPS) is 13.2. The van der Waals surface area contributed by atoms with Crippen LogP contribution in [-0.4, -0.2) is 37.5 Å². The van der Waals surface area contributed by atoms with Gasteiger partial charge in [-0.15, -0.1) is 0 Å². The van der Waals surface area contributed by atoms with E-state index in [9.17, 15) is 14.4 Å². The van der Waals surface area contributed by atoms with E-state index < -0.39 is 12.0 Å². The number of amides is 2. The molecule has 3 aromatic rings. The van der Waals surface area contributed by atoms with E-state index in [1.54, 1.807) is 55.5 Å². The zero-order valence-electron chi connectivity index (χ0n) is 19.7. The second-order valence-electron chi connectivity index (χ2n) is 7.79. The lowest BCUT2D eigenvalue weighted by atomic mass is 10.1. The molecule has 0 bridgehead atoms. The Bertz CT molecular complexity index is 1280. The van der Waals surface area contributed by atoms with E-state index in [1.807, 2.05) is 25.1 Å². The zero-order valence-corrected chi connectivity index (χ0v) is 20.6. The van der Waals surface area contributed by atoms with Gasteiger partial charge < -0.3 is 14.8 Å². The molecular weight excluding hydrogens is 464 g/mol. The molecule has 0 radical (unpaired) electrons. The highest BCUT2D eigenvalue weighted by molar-refractivity contribution is 7.99. The van der Waals surface area contributed by atoms with Gasteiger partial charge in [-0.1, -0.05) is 43.0 Å². The number of fused-ring (bicyclic) bond motifs is 2. The second kappa shape index (κ2) is 10.7. The van der Waals surface area contributed by atoms with Crippen molar-refractivity contribution >= 4 is 40.9 Å². The number of nitrogens with one attached hydrogen (secondary N) is 1. The lowest BCUT2D eigenvalue weighted by Crippen LogP contribution is -2.47. The summed E-state index contributed by atoms with van der Waals surface area (Å²) < 4.78 is 10.5. The van der Waals surface area contributed by atoms with Crippen LogP contribution in [0, 0.1) is 0 Å². The summed E-state index contributed by atoms with van der Waals surface area (Å²) in [7, 11) is 1.53. The Hall–Kier alpha value is -3.78. The molecule has 1 atom stereocenters. The lowest BCUT2D eigenvalue weighted by Gasteiger charge is -2.31. The maximum Gasteiger partial charge on any atom is 0.338 e. The number of ether oxygens (including phenoxy) is 2. The molecule has 0 saturated heterocycles. The summed E-state index contributed by atoms with van der Waals surface area (Å²) in [5.41, 5.74) is 1.81. The average molecular weight is 491 g/mol. The van der Waals surface area contributed by atoms with Crippen molar-refractivity contribution in [2.24, 2.45) is 0 Å². The number of benzene rings is 3. The van der Waals surface area contributed by atoms with Gasteiger partial charge in [-0.2, -0.15) is 0 Å². The molecule has 0 aliphatic carbocycles. The fourth-order valence-corrected chi connectivity index (χ4v) is 5.03. The number of hydrogen-bond donors (Lipinski definition) is 1. The van der Waals surface area contributed by atoms with Crippen molar-refractivity contribution in [1.82, 2.24) is 0 Å². The first-order valence-corrected chi connectivity index (χ1v) is 12.2. The Balaban J connectivity index is 1.81. The van der Waals surface area contributed by atoms with Gasteiger partial charge in [0.25, 0.3) is 5.91 Å². The molecule has 0 spiro atoms. The van der Waals surface area contributed by atoms with Crippen molar-refractivity contribution in [1.29, 1.82) is 0 Å². The molecular formula is C27H26N2O5S. The highest BCUT2D eigenvalue weighted by Gasteiger charge is 2.36. The van der Waals surface area contributed by atoms with Crippen LogP contribution in [0.1, 0.15) is 41.0 Å². The first kappa shape index (κ1) is 24.3. The molecule has 0 aromatic heterocycles. The first-order valence-electron chi connectivity index (χ1n) is 11.3. The fourth-order valence-electron chi connectivity index (χ4n) is 3.98. The zero-order chi connectivity index (χ0) is 24.9. The summed E-state index contributed by atoms with van der Waals surface area (Å²) in [4.78, 5) is 42.9. The van der Waals surface area contributed by atoms with Gasteiger partial charge in [0.1, 0.15) is 11.8 Å². The van der Waals surface area contributed by atoms with Crippen LogP contribution < -0.4 is 15.0 Å². The Morgan fingerprint density at radius 1 is 1.00 bits per heavy atom. The maximum absolute atomic E-state index is 13.9. The number of carbonyl (C=O) groups is 3. The van der Waals surface area contributed by atoms with Crippen LogP contribution in [0.3, 0.4) is 0 Å². The molecule has 7 nitrogen and oxygen atoms in total. The van der Waals surface area contributed by atoms with Crippen LogP contribution in [0.4, 0.5) is 11.4 Å². The maximum atomic E-state index is 13.9. The van der Waals surface area contributed by atoms with E-state index in [1.165, 1.54) is 23.8 Å². The van der Waals surface area contributed by atoms with Crippen LogP contribution in [0.15, 0.2) is 76.5 Å². The van der Waals surface area contributed by atoms with Crippen LogP contribution in [0.2, 0.25) is 0 Å². The van der Waals surface area contributed by atoms with Crippen LogP contribution in [0.5, 0.6) is 5.75 Å². The Morgan fingerprint density at radius 3 is 2.49 bits per heavy atom. The number of carbonyl (C=O) groups excluding carboxylic acids is 3. The SMILES string of the molecule is CCOC(=O)c1ccc2c(c1)N([C@H](CC)C(=O)Nc1ccccc1OC)C(=O)c1ccccc1S2. The van der Waals surface area contributed by atoms with E-state index in [-0.39, 0.29) is 18.4 Å². The van der Waals surface area contributed by atoms with Gasteiger partial charge in [-0.3, -0.25) is 14.5 Å². The topological polar surface area (TPSA) is 84.9 Å². The van der Waals surface area contributed by atoms with Gasteiger partial charge in [0.15, 0.2) is 0 Å². The van der Waals surface area contributed by atoms with Gasteiger partial charge >= 0.3 is 5.97 Å². The van der Waals surface area contributed by atoms with Gasteiger partial charge in [0.05, 0.1) is 36.2 Å². The smallest absolute Gasteiger partial charge is 0.338 e. The van der Waals surface area contributed by atoms with E-state index in [0.717, 1.165) is 9.79 Å². The van der Waals surface area contributed by atoms with Gasteiger partial charge in [-0.25, -0.2) is 4.79 Å². The molecule has 8 heteroatoms. The minimum absolute atomic E-state index is 0.234. The molecule has 180 valence electrons. The van der Waals surface area contributed by atoms with Crippen LogP contribution >= 0.6 is 11.8 Å². The number of nitrogens with zero attached hydrogens (tertiary/aromatic N) is 1. The molecule has 1 aliphatic heterocycles. The Morgan fingerprint density at radius 2 is 1.74 bits per heavy atom. The molecule has 0 fully saturated rings. The van der Waals surface area contributed by atoms with Gasteiger partial charge in [0, 0.05) is 9.79 Å². The quantitative estimate of drug-likeness (QED) is 0.447. The average Bonchev–Trinajstić information content (AvgIpc) is 2.99. The van der Waals surface area contributed by atoms with E-state index in [0.29, 0.717) is 34.7 Å². The Labute approximate surface area is 208 Å². The Kier molecular flexibility index (Phi) is 7.41. The first-order chi connectivity index (χ1) is 17.0. The number of hydrogen-bond acceptors (Lipinski definition) is 6. The molecule has 1 heterocycles. The predicted octanol–water partition coefficient (Wildman–Crippen LogP) is 5.40. The summed E-state index contributed by atoms with van der Waals surface area (Å²) >= 11 is 1.43. The molecule has 3 aromatic carbocycles. The third-order valence-corrected chi connectivity index (χ3v) is 6.79. The molecule has 0 saturated carbocycles. The number of methoxy groups -OCH3 is 1. The summed E-state index contributed by atoms with van der Waals surface area (Å²) in [6.07, 6.45) is 0.350. The van der Waals surface area contributed by atoms with E-state index in [4.69, 9.17) is 9.47 Å². The monoisotopic (exact) mass is 490 g/mol. The summed E-state index contributed by atoms with van der Waals surface area (Å²) in [5.74, 6) is -0.637. The summed E-state index contributed by atoms with van der Waals surface area (Å²) in [6.45, 7) is 3.81. The largest absolute Gasteiger partial charge is 0.495 e. The second-order valence-corrected chi connectivity index (χ2v) is 8.87. The number of esters is 1. The molecule has 2 amide bonds. The van der Waals surface area contributed by atoms with Gasteiger partial charge in [0.2, 0.25) is 5.91 Å². The number of para-hydroxylation sites is 2. The number of anilines is 2. The van der Waals surface area contributed by atoms with Crippen LogP contribution in [0.25, 0.3) is 0 Å². The van der Waals surface area contributed by atoms with Crippen LogP contribution in [-0.2, 0) is 9.53 Å². The minimum Gasteiger partial charge on any atom is -0.495 e. The molecule has 1 N–H and O–H groups in total. The highest BCUT2D eigenvalue weighted by Crippen LogP contribution is 2.43. The van der Waals surface area contributed by atoms with Crippen molar-refractivity contribution in [2.75, 3.05) is 23.9 Å².